The Labute approximate surface area is 137 Å². The molecule has 1 fully saturated rings. The zero-order valence-electron chi connectivity index (χ0n) is 12.0. The number of carbonyl (C=O) groups is 2. The van der Waals surface area contributed by atoms with E-state index in [4.69, 9.17) is 4.74 Å². The van der Waals surface area contributed by atoms with Gasteiger partial charge in [-0.2, -0.15) is 0 Å². The normalized spacial score (nSPS) is 19.6. The Kier molecular flexibility index (Phi) is 5.23. The van der Waals surface area contributed by atoms with Gasteiger partial charge in [0.25, 0.3) is 5.91 Å². The summed E-state index contributed by atoms with van der Waals surface area (Å²) in [6, 6.07) is 4.58. The van der Waals surface area contributed by atoms with Crippen molar-refractivity contribution in [3.8, 4) is 5.75 Å². The number of ketones is 1. The molecule has 0 radical (unpaired) electrons. The van der Waals surface area contributed by atoms with E-state index >= 15 is 0 Å². The van der Waals surface area contributed by atoms with Crippen molar-refractivity contribution in [2.75, 3.05) is 18.1 Å². The molecule has 1 saturated heterocycles. The lowest BCUT2D eigenvalue weighted by Gasteiger charge is -2.13. The number of carbonyl (C=O) groups excluding carboxylic acids is 2. The van der Waals surface area contributed by atoms with Gasteiger partial charge in [0.15, 0.2) is 22.2 Å². The minimum atomic E-state index is -3.04. The molecule has 1 atom stereocenters. The van der Waals surface area contributed by atoms with Gasteiger partial charge in [0.2, 0.25) is 0 Å². The van der Waals surface area contributed by atoms with Crippen LogP contribution in [-0.2, 0) is 14.6 Å². The van der Waals surface area contributed by atoms with Crippen molar-refractivity contribution in [3.63, 3.8) is 0 Å². The van der Waals surface area contributed by atoms with Gasteiger partial charge in [-0.15, -0.1) is 0 Å². The summed E-state index contributed by atoms with van der Waals surface area (Å²) in [4.78, 5) is 23.4. The predicted octanol–water partition coefficient (Wildman–Crippen LogP) is 1.33. The second-order valence-electron chi connectivity index (χ2n) is 5.15. The van der Waals surface area contributed by atoms with Crippen molar-refractivity contribution in [1.29, 1.82) is 0 Å². The van der Waals surface area contributed by atoms with Crippen LogP contribution in [0.2, 0.25) is 0 Å². The number of ether oxygens (including phenoxy) is 1. The summed E-state index contributed by atoms with van der Waals surface area (Å²) < 4.78 is 28.8. The second kappa shape index (κ2) is 6.78. The molecule has 22 heavy (non-hydrogen) atoms. The molecule has 1 amide bonds. The third-order valence-corrected chi connectivity index (χ3v) is 5.54. The van der Waals surface area contributed by atoms with Gasteiger partial charge in [-0.25, -0.2) is 8.42 Å². The molecule has 6 nitrogen and oxygen atoms in total. The minimum Gasteiger partial charge on any atom is -0.483 e. The maximum Gasteiger partial charge on any atom is 0.258 e. The molecule has 8 heteroatoms. The van der Waals surface area contributed by atoms with Crippen LogP contribution in [0.5, 0.6) is 5.75 Å². The van der Waals surface area contributed by atoms with Crippen molar-refractivity contribution in [1.82, 2.24) is 5.32 Å². The summed E-state index contributed by atoms with van der Waals surface area (Å²) in [6.45, 7) is 1.15. The van der Waals surface area contributed by atoms with Crippen LogP contribution in [-0.4, -0.2) is 44.3 Å². The average Bonchev–Trinajstić information content (AvgIpc) is 2.76. The monoisotopic (exact) mass is 389 g/mol. The maximum atomic E-state index is 11.8. The number of Topliss-reactive ketones (excluding diaryl/α,β-unsaturated/α-hetero) is 1. The summed E-state index contributed by atoms with van der Waals surface area (Å²) in [5, 5.41) is 2.63. The molecule has 120 valence electrons. The Bertz CT molecular complexity index is 701. The molecule has 2 rings (SSSR count). The molecule has 1 aromatic rings. The summed E-state index contributed by atoms with van der Waals surface area (Å²) >= 11 is 3.27. The highest BCUT2D eigenvalue weighted by Gasteiger charge is 2.28. The van der Waals surface area contributed by atoms with Gasteiger partial charge < -0.3 is 10.1 Å². The Balaban J connectivity index is 1.93. The van der Waals surface area contributed by atoms with Crippen LogP contribution in [0, 0.1) is 0 Å². The van der Waals surface area contributed by atoms with E-state index < -0.39 is 15.7 Å². The first-order valence-electron chi connectivity index (χ1n) is 6.70. The number of hydrogen-bond donors (Lipinski definition) is 1. The molecule has 0 bridgehead atoms. The minimum absolute atomic E-state index is 0.0320. The molecule has 1 aromatic carbocycles. The van der Waals surface area contributed by atoms with E-state index in [1.807, 2.05) is 0 Å². The third kappa shape index (κ3) is 4.54. The number of amides is 1. The molecule has 1 N–H and O–H groups in total. The smallest absolute Gasteiger partial charge is 0.258 e. The Morgan fingerprint density at radius 3 is 2.73 bits per heavy atom. The van der Waals surface area contributed by atoms with E-state index in [-0.39, 0.29) is 29.9 Å². The fourth-order valence-corrected chi connectivity index (χ4v) is 4.26. The Morgan fingerprint density at radius 1 is 1.41 bits per heavy atom. The zero-order valence-corrected chi connectivity index (χ0v) is 14.4. The zero-order chi connectivity index (χ0) is 16.3. The molecule has 0 saturated carbocycles. The molecule has 1 heterocycles. The molecular weight excluding hydrogens is 374 g/mol. The number of halogens is 1. The Hall–Kier alpha value is -1.41. The molecular formula is C14H16BrNO5S. The molecule has 1 aliphatic heterocycles. The highest BCUT2D eigenvalue weighted by Crippen LogP contribution is 2.23. The summed E-state index contributed by atoms with van der Waals surface area (Å²) in [6.07, 6.45) is 0.422. The number of sulfone groups is 1. The van der Waals surface area contributed by atoms with Gasteiger partial charge in [-0.1, -0.05) is 15.9 Å². The van der Waals surface area contributed by atoms with Crippen molar-refractivity contribution < 1.29 is 22.7 Å². The third-order valence-electron chi connectivity index (χ3n) is 3.28. The first-order chi connectivity index (χ1) is 10.3. The van der Waals surface area contributed by atoms with Gasteiger partial charge in [0, 0.05) is 10.5 Å². The summed E-state index contributed by atoms with van der Waals surface area (Å²) in [7, 11) is -3.04. The summed E-state index contributed by atoms with van der Waals surface area (Å²) in [5.41, 5.74) is 0.380. The van der Waals surface area contributed by atoms with Crippen LogP contribution >= 0.6 is 15.9 Å². The van der Waals surface area contributed by atoms with Gasteiger partial charge >= 0.3 is 0 Å². The molecule has 0 aliphatic carbocycles. The van der Waals surface area contributed by atoms with Crippen LogP contribution in [0.3, 0.4) is 0 Å². The van der Waals surface area contributed by atoms with Crippen molar-refractivity contribution in [2.24, 2.45) is 0 Å². The van der Waals surface area contributed by atoms with E-state index in [0.29, 0.717) is 17.7 Å². The molecule has 1 aliphatic rings. The highest BCUT2D eigenvalue weighted by molar-refractivity contribution is 9.10. The lowest BCUT2D eigenvalue weighted by molar-refractivity contribution is -0.123. The first-order valence-corrected chi connectivity index (χ1v) is 9.31. The van der Waals surface area contributed by atoms with Crippen molar-refractivity contribution >= 4 is 37.5 Å². The van der Waals surface area contributed by atoms with Gasteiger partial charge in [0.05, 0.1) is 17.1 Å². The largest absolute Gasteiger partial charge is 0.483 e. The van der Waals surface area contributed by atoms with Gasteiger partial charge in [0.1, 0.15) is 5.75 Å². The van der Waals surface area contributed by atoms with Crippen LogP contribution in [0.25, 0.3) is 0 Å². The fourth-order valence-electron chi connectivity index (χ4n) is 2.22. The number of nitrogens with one attached hydrogen (secondary N) is 1. The van der Waals surface area contributed by atoms with Gasteiger partial charge in [-0.05, 0) is 31.5 Å². The average molecular weight is 390 g/mol. The maximum absolute atomic E-state index is 11.8. The lowest BCUT2D eigenvalue weighted by Crippen LogP contribution is -2.38. The first kappa shape index (κ1) is 17.0. The SMILES string of the molecule is CC(=O)c1cc(Br)ccc1OCC(=O)N[C@@H]1CCS(=O)(=O)C1. The van der Waals surface area contributed by atoms with Crippen LogP contribution in [0.4, 0.5) is 0 Å². The fraction of sp³-hybridized carbons (Fsp3) is 0.429. The predicted molar refractivity (Wildman–Crippen MR) is 84.8 cm³/mol. The highest BCUT2D eigenvalue weighted by atomic mass is 79.9. The van der Waals surface area contributed by atoms with Crippen LogP contribution in [0.1, 0.15) is 23.7 Å². The Morgan fingerprint density at radius 2 is 2.14 bits per heavy atom. The molecule has 0 spiro atoms. The molecule has 0 aromatic heterocycles. The molecule has 0 unspecified atom stereocenters. The standard InChI is InChI=1S/C14H16BrNO5S/c1-9(17)12-6-10(15)2-3-13(12)21-7-14(18)16-11-4-5-22(19,20)8-11/h2-3,6,11H,4-5,7-8H2,1H3,(H,16,18)/t11-/m1/s1. The van der Waals surface area contributed by atoms with Gasteiger partial charge in [-0.3, -0.25) is 9.59 Å². The topological polar surface area (TPSA) is 89.5 Å². The van der Waals surface area contributed by atoms with Crippen LogP contribution in [0.15, 0.2) is 22.7 Å². The number of rotatable bonds is 5. The summed E-state index contributed by atoms with van der Waals surface area (Å²) in [5.74, 6) is -0.182. The van der Waals surface area contributed by atoms with E-state index in [1.54, 1.807) is 18.2 Å². The van der Waals surface area contributed by atoms with Crippen molar-refractivity contribution in [3.05, 3.63) is 28.2 Å². The van der Waals surface area contributed by atoms with E-state index in [2.05, 4.69) is 21.2 Å². The second-order valence-corrected chi connectivity index (χ2v) is 8.30. The van der Waals surface area contributed by atoms with E-state index in [1.165, 1.54) is 6.92 Å². The number of benzene rings is 1. The van der Waals surface area contributed by atoms with Crippen molar-refractivity contribution in [2.45, 2.75) is 19.4 Å². The quantitative estimate of drug-likeness (QED) is 0.767. The lowest BCUT2D eigenvalue weighted by atomic mass is 10.1. The van der Waals surface area contributed by atoms with Crippen LogP contribution < -0.4 is 10.1 Å². The van der Waals surface area contributed by atoms with E-state index in [9.17, 15) is 18.0 Å². The number of hydrogen-bond acceptors (Lipinski definition) is 5. The van der Waals surface area contributed by atoms with E-state index in [0.717, 1.165) is 4.47 Å².